The molecule has 6 atom stereocenters. The Morgan fingerprint density at radius 2 is 1.75 bits per heavy atom. The zero-order valence-electron chi connectivity index (χ0n) is 15.9. The molecule has 3 saturated heterocycles. The van der Waals surface area contributed by atoms with Crippen molar-refractivity contribution < 1.29 is 4.79 Å². The topological polar surface area (TPSA) is 97.2 Å². The molecule has 1 aromatic rings. The first-order valence-electron chi connectivity index (χ1n) is 10.4. The summed E-state index contributed by atoms with van der Waals surface area (Å²) in [6.45, 7) is 0. The van der Waals surface area contributed by atoms with Crippen molar-refractivity contribution >= 4 is 11.6 Å². The van der Waals surface area contributed by atoms with Gasteiger partial charge in [-0.05, 0) is 74.6 Å². The smallest absolute Gasteiger partial charge is 0.241 e. The summed E-state index contributed by atoms with van der Waals surface area (Å²) in [7, 11) is 0. The van der Waals surface area contributed by atoms with Gasteiger partial charge in [-0.15, -0.1) is 0 Å². The van der Waals surface area contributed by atoms with Crippen LogP contribution in [0.25, 0.3) is 0 Å². The molecule has 6 nitrogen and oxygen atoms in total. The van der Waals surface area contributed by atoms with E-state index in [-0.39, 0.29) is 23.9 Å². The molecule has 28 heavy (non-hydrogen) atoms. The van der Waals surface area contributed by atoms with Crippen molar-refractivity contribution in [1.29, 1.82) is 10.5 Å². The quantitative estimate of drug-likeness (QED) is 0.873. The molecule has 2 N–H and O–H groups in total. The number of nitrogens with two attached hydrogens (primary N) is 1. The van der Waals surface area contributed by atoms with Gasteiger partial charge >= 0.3 is 0 Å². The van der Waals surface area contributed by atoms with Crippen molar-refractivity contribution in [2.75, 3.05) is 4.90 Å². The van der Waals surface area contributed by atoms with Gasteiger partial charge in [-0.25, -0.2) is 0 Å². The number of carbonyl (C=O) groups excluding carboxylic acids is 1. The van der Waals surface area contributed by atoms with Crippen molar-refractivity contribution in [3.8, 4) is 12.1 Å². The number of anilines is 1. The molecule has 1 saturated carbocycles. The Balaban J connectivity index is 1.30. The molecule has 3 aliphatic heterocycles. The van der Waals surface area contributed by atoms with Crippen LogP contribution in [0.5, 0.6) is 0 Å². The van der Waals surface area contributed by atoms with E-state index in [1.165, 1.54) is 0 Å². The third kappa shape index (κ3) is 2.67. The number of carbonyl (C=O) groups is 1. The number of nitrogens with zero attached hydrogens (tertiary/aromatic N) is 4. The fraction of sp³-hybridized carbons (Fsp3) is 0.591. The van der Waals surface area contributed by atoms with E-state index in [2.05, 4.69) is 17.0 Å². The van der Waals surface area contributed by atoms with E-state index in [0.29, 0.717) is 23.6 Å². The molecular weight excluding hydrogens is 350 g/mol. The fourth-order valence-electron chi connectivity index (χ4n) is 5.90. The Morgan fingerprint density at radius 1 is 1.07 bits per heavy atom. The van der Waals surface area contributed by atoms with Gasteiger partial charge in [0.2, 0.25) is 5.91 Å². The number of hydrogen-bond acceptors (Lipinski definition) is 5. The van der Waals surface area contributed by atoms with Crippen LogP contribution in [0.3, 0.4) is 0 Å². The van der Waals surface area contributed by atoms with Crippen LogP contribution >= 0.6 is 0 Å². The summed E-state index contributed by atoms with van der Waals surface area (Å²) in [5, 5.41) is 18.4. The molecule has 6 heteroatoms. The largest absolute Gasteiger partial charge is 0.366 e. The number of benzene rings is 1. The van der Waals surface area contributed by atoms with Crippen LogP contribution in [-0.2, 0) is 4.79 Å². The molecule has 5 rings (SSSR count). The van der Waals surface area contributed by atoms with E-state index in [9.17, 15) is 10.1 Å². The van der Waals surface area contributed by atoms with Gasteiger partial charge in [-0.3, -0.25) is 4.79 Å². The van der Waals surface area contributed by atoms with Crippen LogP contribution in [0.1, 0.15) is 44.1 Å². The third-order valence-corrected chi connectivity index (χ3v) is 7.36. The zero-order valence-corrected chi connectivity index (χ0v) is 15.9. The van der Waals surface area contributed by atoms with Crippen LogP contribution in [0, 0.1) is 34.5 Å². The molecule has 3 heterocycles. The van der Waals surface area contributed by atoms with E-state index in [1.807, 2.05) is 29.2 Å². The van der Waals surface area contributed by atoms with Crippen molar-refractivity contribution in [3.05, 3.63) is 29.8 Å². The first-order valence-corrected chi connectivity index (χ1v) is 10.4. The number of likely N-dealkylation sites (tertiary alicyclic amines) is 1. The normalized spacial score (nSPS) is 36.4. The van der Waals surface area contributed by atoms with Crippen molar-refractivity contribution in [2.45, 2.75) is 68.7 Å². The maximum atomic E-state index is 13.1. The van der Waals surface area contributed by atoms with E-state index in [0.717, 1.165) is 44.2 Å². The Morgan fingerprint density at radius 3 is 2.36 bits per heavy atom. The Hall–Kier alpha value is -2.57. The minimum atomic E-state index is -0.499. The minimum Gasteiger partial charge on any atom is -0.366 e. The van der Waals surface area contributed by atoms with E-state index < -0.39 is 6.04 Å². The maximum Gasteiger partial charge on any atom is 0.241 e. The molecule has 4 aliphatic rings. The van der Waals surface area contributed by atoms with E-state index >= 15 is 0 Å². The van der Waals surface area contributed by atoms with Crippen LogP contribution in [-0.4, -0.2) is 41.0 Å². The van der Waals surface area contributed by atoms with Gasteiger partial charge in [0.15, 0.2) is 0 Å². The summed E-state index contributed by atoms with van der Waals surface area (Å²) in [6.07, 6.45) is 5.95. The second-order valence-corrected chi connectivity index (χ2v) is 8.90. The summed E-state index contributed by atoms with van der Waals surface area (Å²) >= 11 is 0. The maximum absolute atomic E-state index is 13.1. The van der Waals surface area contributed by atoms with Gasteiger partial charge in [-0.1, -0.05) is 0 Å². The molecule has 1 amide bonds. The Bertz CT molecular complexity index is 854. The SMILES string of the molecule is N#Cc1ccc(N2C3CCC2CC([C@H](N)C(=O)N2[C@H](C#N)C[C@@H]4C[C@@H]42)C3)cc1. The molecular formula is C22H25N5O. The predicted molar refractivity (Wildman–Crippen MR) is 104 cm³/mol. The van der Waals surface area contributed by atoms with Gasteiger partial charge in [0.25, 0.3) is 0 Å². The predicted octanol–water partition coefficient (Wildman–Crippen LogP) is 2.15. The lowest BCUT2D eigenvalue weighted by molar-refractivity contribution is -0.135. The number of nitriles is 2. The fourth-order valence-corrected chi connectivity index (χ4v) is 5.90. The van der Waals surface area contributed by atoms with Crippen molar-refractivity contribution in [3.63, 3.8) is 0 Å². The Labute approximate surface area is 165 Å². The average Bonchev–Trinajstić information content (AvgIpc) is 3.32. The molecule has 1 aliphatic carbocycles. The molecule has 0 aromatic heterocycles. The first kappa shape index (κ1) is 17.5. The van der Waals surface area contributed by atoms with Gasteiger partial charge in [0, 0.05) is 23.8 Å². The number of rotatable bonds is 3. The average molecular weight is 375 g/mol. The van der Waals surface area contributed by atoms with Crippen molar-refractivity contribution in [1.82, 2.24) is 4.90 Å². The molecule has 144 valence electrons. The van der Waals surface area contributed by atoms with Crippen LogP contribution in [0.15, 0.2) is 24.3 Å². The molecule has 4 fully saturated rings. The van der Waals surface area contributed by atoms with Gasteiger partial charge in [0.05, 0.1) is 23.7 Å². The highest BCUT2D eigenvalue weighted by Crippen LogP contribution is 2.49. The van der Waals surface area contributed by atoms with Crippen LogP contribution in [0.4, 0.5) is 5.69 Å². The van der Waals surface area contributed by atoms with Gasteiger partial charge < -0.3 is 15.5 Å². The molecule has 1 aromatic carbocycles. The summed E-state index contributed by atoms with van der Waals surface area (Å²) < 4.78 is 0. The summed E-state index contributed by atoms with van der Waals surface area (Å²) in [5.41, 5.74) is 8.33. The lowest BCUT2D eigenvalue weighted by Crippen LogP contribution is -2.54. The first-order chi connectivity index (χ1) is 13.6. The van der Waals surface area contributed by atoms with Crippen LogP contribution < -0.4 is 10.6 Å². The number of piperidine rings is 2. The monoisotopic (exact) mass is 375 g/mol. The summed E-state index contributed by atoms with van der Waals surface area (Å²) in [6, 6.07) is 12.6. The highest BCUT2D eigenvalue weighted by Gasteiger charge is 2.55. The third-order valence-electron chi connectivity index (χ3n) is 7.36. The van der Waals surface area contributed by atoms with Crippen molar-refractivity contribution in [2.24, 2.45) is 17.6 Å². The highest BCUT2D eigenvalue weighted by molar-refractivity contribution is 5.84. The van der Waals surface area contributed by atoms with Gasteiger partial charge in [-0.2, -0.15) is 10.5 Å². The summed E-state index contributed by atoms with van der Waals surface area (Å²) in [5.74, 6) is 0.694. The molecule has 2 unspecified atom stereocenters. The second-order valence-electron chi connectivity index (χ2n) is 8.90. The standard InChI is InChI=1S/C22H25N5O/c23-11-13-1-3-16(4-2-13)26-17-5-6-18(26)9-15(8-17)21(25)22(28)27-19(12-24)7-14-10-20(14)27/h1-4,14-15,17-21H,5-10,25H2/t14-,15?,17?,18?,19+,20+,21+/m1/s1. The lowest BCUT2D eigenvalue weighted by Gasteiger charge is -2.42. The summed E-state index contributed by atoms with van der Waals surface area (Å²) in [4.78, 5) is 17.4. The van der Waals surface area contributed by atoms with E-state index in [4.69, 9.17) is 11.0 Å². The lowest BCUT2D eigenvalue weighted by atomic mass is 9.84. The number of fused-ring (bicyclic) bond motifs is 3. The van der Waals surface area contributed by atoms with E-state index in [1.54, 1.807) is 0 Å². The zero-order chi connectivity index (χ0) is 19.4. The number of hydrogen-bond donors (Lipinski definition) is 1. The molecule has 2 bridgehead atoms. The molecule has 0 radical (unpaired) electrons. The Kier molecular flexibility index (Phi) is 4.07. The minimum absolute atomic E-state index is 0.00669. The molecule has 0 spiro atoms. The second kappa shape index (κ2) is 6.50. The number of amides is 1. The van der Waals surface area contributed by atoms with Crippen LogP contribution in [0.2, 0.25) is 0 Å². The van der Waals surface area contributed by atoms with Gasteiger partial charge in [0.1, 0.15) is 6.04 Å². The highest BCUT2D eigenvalue weighted by atomic mass is 16.2.